The highest BCUT2D eigenvalue weighted by atomic mass is 16.6. The van der Waals surface area contributed by atoms with E-state index in [1.165, 1.54) is 0 Å². The van der Waals surface area contributed by atoms with Gasteiger partial charge in [-0.3, -0.25) is 4.79 Å². The van der Waals surface area contributed by atoms with Gasteiger partial charge in [-0.05, 0) is 25.8 Å². The fourth-order valence-electron chi connectivity index (χ4n) is 2.05. The average Bonchev–Trinajstić information content (AvgIpc) is 2.43. The van der Waals surface area contributed by atoms with Gasteiger partial charge >= 0.3 is 6.09 Å². The lowest BCUT2D eigenvalue weighted by atomic mass is 10.1. The van der Waals surface area contributed by atoms with Crippen LogP contribution < -0.4 is 5.32 Å². The number of nitrogens with zero attached hydrogens (tertiary/aromatic N) is 2. The Kier molecular flexibility index (Phi) is 7.36. The Morgan fingerprint density at radius 2 is 1.75 bits per heavy atom. The lowest BCUT2D eigenvalue weighted by molar-refractivity contribution is -0.131. The number of carbonyl (C=O) groups is 2. The maximum Gasteiger partial charge on any atom is 0.409 e. The molecule has 6 nitrogen and oxygen atoms in total. The third-order valence-electron chi connectivity index (χ3n) is 3.33. The molecule has 0 bridgehead atoms. The van der Waals surface area contributed by atoms with Crippen molar-refractivity contribution in [1.82, 2.24) is 15.1 Å². The molecule has 0 spiro atoms. The molecular weight excluding hydrogens is 258 g/mol. The van der Waals surface area contributed by atoms with E-state index in [2.05, 4.69) is 19.2 Å². The van der Waals surface area contributed by atoms with Crippen LogP contribution in [0.2, 0.25) is 0 Å². The summed E-state index contributed by atoms with van der Waals surface area (Å²) in [5, 5.41) is 3.17. The fourth-order valence-corrected chi connectivity index (χ4v) is 2.05. The van der Waals surface area contributed by atoms with Crippen LogP contribution in [0, 0.1) is 5.92 Å². The molecule has 1 heterocycles. The normalized spacial score (nSPS) is 15.6. The van der Waals surface area contributed by atoms with Gasteiger partial charge < -0.3 is 19.9 Å². The quantitative estimate of drug-likeness (QED) is 0.737. The second kappa shape index (κ2) is 8.79. The second-order valence-electron chi connectivity index (χ2n) is 5.43. The Bertz CT molecular complexity index is 313. The first-order chi connectivity index (χ1) is 9.54. The highest BCUT2D eigenvalue weighted by molar-refractivity contribution is 5.78. The molecule has 1 fully saturated rings. The molecule has 0 aromatic heterocycles. The molecule has 1 aliphatic heterocycles. The predicted octanol–water partition coefficient (Wildman–Crippen LogP) is 0.923. The summed E-state index contributed by atoms with van der Waals surface area (Å²) in [7, 11) is 0. The van der Waals surface area contributed by atoms with Gasteiger partial charge in [0.1, 0.15) is 0 Å². The number of hydrogen-bond donors (Lipinski definition) is 1. The molecule has 0 aromatic carbocycles. The molecular formula is C14H27N3O3. The summed E-state index contributed by atoms with van der Waals surface area (Å²) in [4.78, 5) is 27.0. The van der Waals surface area contributed by atoms with Crippen molar-refractivity contribution in [3.8, 4) is 0 Å². The van der Waals surface area contributed by atoms with Crippen LogP contribution in [-0.2, 0) is 9.53 Å². The fraction of sp³-hybridized carbons (Fsp3) is 0.857. The van der Waals surface area contributed by atoms with Gasteiger partial charge in [0.25, 0.3) is 0 Å². The lowest BCUT2D eigenvalue weighted by Crippen LogP contribution is -2.52. The van der Waals surface area contributed by atoms with Gasteiger partial charge in [0.05, 0.1) is 13.2 Å². The zero-order valence-corrected chi connectivity index (χ0v) is 12.9. The summed E-state index contributed by atoms with van der Waals surface area (Å²) >= 11 is 0. The number of piperazine rings is 1. The average molecular weight is 285 g/mol. The molecule has 2 amide bonds. The maximum atomic E-state index is 12.0. The van der Waals surface area contributed by atoms with Crippen LogP contribution in [0.4, 0.5) is 4.79 Å². The third-order valence-corrected chi connectivity index (χ3v) is 3.33. The molecule has 0 aromatic rings. The summed E-state index contributed by atoms with van der Waals surface area (Å²) in [6.07, 6.45) is 0.791. The summed E-state index contributed by atoms with van der Waals surface area (Å²) in [5.41, 5.74) is 0. The van der Waals surface area contributed by atoms with Crippen molar-refractivity contribution in [2.75, 3.05) is 45.9 Å². The van der Waals surface area contributed by atoms with Crippen molar-refractivity contribution in [3.63, 3.8) is 0 Å². The summed E-state index contributed by atoms with van der Waals surface area (Å²) in [6, 6.07) is 0. The van der Waals surface area contributed by atoms with Gasteiger partial charge in [0, 0.05) is 26.2 Å². The van der Waals surface area contributed by atoms with Gasteiger partial charge in [-0.2, -0.15) is 0 Å². The Morgan fingerprint density at radius 3 is 2.30 bits per heavy atom. The Hall–Kier alpha value is -1.30. The van der Waals surface area contributed by atoms with Crippen LogP contribution in [0.15, 0.2) is 0 Å². The predicted molar refractivity (Wildman–Crippen MR) is 77.5 cm³/mol. The Balaban J connectivity index is 2.20. The molecule has 0 unspecified atom stereocenters. The van der Waals surface area contributed by atoms with Gasteiger partial charge in [-0.25, -0.2) is 4.79 Å². The van der Waals surface area contributed by atoms with E-state index in [1.54, 1.807) is 16.7 Å². The van der Waals surface area contributed by atoms with Crippen LogP contribution in [-0.4, -0.2) is 67.7 Å². The summed E-state index contributed by atoms with van der Waals surface area (Å²) in [6.45, 7) is 10.0. The van der Waals surface area contributed by atoms with Crippen molar-refractivity contribution >= 4 is 12.0 Å². The van der Waals surface area contributed by atoms with Gasteiger partial charge in [-0.15, -0.1) is 0 Å². The Morgan fingerprint density at radius 1 is 1.15 bits per heavy atom. The van der Waals surface area contributed by atoms with Crippen LogP contribution in [0.3, 0.4) is 0 Å². The van der Waals surface area contributed by atoms with Crippen molar-refractivity contribution in [1.29, 1.82) is 0 Å². The molecule has 0 saturated carbocycles. The number of carbonyl (C=O) groups excluding carboxylic acids is 2. The van der Waals surface area contributed by atoms with Crippen molar-refractivity contribution in [2.45, 2.75) is 27.2 Å². The van der Waals surface area contributed by atoms with E-state index >= 15 is 0 Å². The molecule has 0 aliphatic carbocycles. The van der Waals surface area contributed by atoms with Gasteiger partial charge in [-0.1, -0.05) is 13.8 Å². The van der Waals surface area contributed by atoms with Crippen LogP contribution in [0.25, 0.3) is 0 Å². The van der Waals surface area contributed by atoms with Crippen LogP contribution in [0.5, 0.6) is 0 Å². The summed E-state index contributed by atoms with van der Waals surface area (Å²) < 4.78 is 4.95. The molecule has 20 heavy (non-hydrogen) atoms. The minimum Gasteiger partial charge on any atom is -0.450 e. The highest BCUT2D eigenvalue weighted by Gasteiger charge is 2.24. The van der Waals surface area contributed by atoms with E-state index in [4.69, 9.17) is 4.74 Å². The number of ether oxygens (including phenoxy) is 1. The minimum absolute atomic E-state index is 0.109. The third kappa shape index (κ3) is 5.77. The SMILES string of the molecule is CCOC(=O)N1CCN(C(=O)CNCCC(C)C)CC1. The number of hydrogen-bond acceptors (Lipinski definition) is 4. The highest BCUT2D eigenvalue weighted by Crippen LogP contribution is 2.04. The van der Waals surface area contributed by atoms with E-state index in [-0.39, 0.29) is 12.0 Å². The van der Waals surface area contributed by atoms with E-state index in [1.807, 2.05) is 0 Å². The first-order valence-corrected chi connectivity index (χ1v) is 7.44. The van der Waals surface area contributed by atoms with Crippen molar-refractivity contribution < 1.29 is 14.3 Å². The maximum absolute atomic E-state index is 12.0. The first kappa shape index (κ1) is 16.8. The number of amides is 2. The van der Waals surface area contributed by atoms with E-state index in [0.717, 1.165) is 13.0 Å². The van der Waals surface area contributed by atoms with Gasteiger partial charge in [0.15, 0.2) is 0 Å². The zero-order chi connectivity index (χ0) is 15.0. The summed E-state index contributed by atoms with van der Waals surface area (Å²) in [5.74, 6) is 0.753. The molecule has 1 rings (SSSR count). The minimum atomic E-state index is -0.283. The van der Waals surface area contributed by atoms with E-state index < -0.39 is 0 Å². The van der Waals surface area contributed by atoms with Crippen LogP contribution >= 0.6 is 0 Å². The Labute approximate surface area is 121 Å². The first-order valence-electron chi connectivity index (χ1n) is 7.44. The largest absolute Gasteiger partial charge is 0.450 e. The molecule has 1 saturated heterocycles. The monoisotopic (exact) mass is 285 g/mol. The van der Waals surface area contributed by atoms with Crippen LogP contribution in [0.1, 0.15) is 27.2 Å². The molecule has 6 heteroatoms. The number of nitrogens with one attached hydrogen (secondary N) is 1. The molecule has 1 N–H and O–H groups in total. The lowest BCUT2D eigenvalue weighted by Gasteiger charge is -2.34. The van der Waals surface area contributed by atoms with Crippen molar-refractivity contribution in [3.05, 3.63) is 0 Å². The topological polar surface area (TPSA) is 61.9 Å². The molecule has 116 valence electrons. The van der Waals surface area contributed by atoms with Crippen molar-refractivity contribution in [2.24, 2.45) is 5.92 Å². The molecule has 0 atom stereocenters. The zero-order valence-electron chi connectivity index (χ0n) is 12.9. The number of rotatable bonds is 6. The molecule has 1 aliphatic rings. The van der Waals surface area contributed by atoms with Gasteiger partial charge in [0.2, 0.25) is 5.91 Å². The van der Waals surface area contributed by atoms with E-state index in [9.17, 15) is 9.59 Å². The standard InChI is InChI=1S/C14H27N3O3/c1-4-20-14(19)17-9-7-16(8-10-17)13(18)11-15-6-5-12(2)3/h12,15H,4-11H2,1-3H3. The van der Waals surface area contributed by atoms with E-state index in [0.29, 0.717) is 45.2 Å². The second-order valence-corrected chi connectivity index (χ2v) is 5.43. The smallest absolute Gasteiger partial charge is 0.409 e. The molecule has 0 radical (unpaired) electrons.